The van der Waals surface area contributed by atoms with Crippen LogP contribution in [0.3, 0.4) is 0 Å². The SMILES string of the molecule is C/C(=N/Nc1cn[nH]c(=O)c1Cl)c1cccc(N)c1. The third kappa shape index (κ3) is 3.11. The van der Waals surface area contributed by atoms with Crippen molar-refractivity contribution in [3.05, 3.63) is 51.4 Å². The third-order valence-electron chi connectivity index (χ3n) is 2.44. The summed E-state index contributed by atoms with van der Waals surface area (Å²) in [6, 6.07) is 7.32. The molecule has 1 aromatic heterocycles. The van der Waals surface area contributed by atoms with E-state index in [1.165, 1.54) is 6.20 Å². The molecule has 0 amide bonds. The Morgan fingerprint density at radius 2 is 2.32 bits per heavy atom. The van der Waals surface area contributed by atoms with Crippen LogP contribution in [0.2, 0.25) is 5.02 Å². The molecule has 19 heavy (non-hydrogen) atoms. The molecule has 0 unspecified atom stereocenters. The van der Waals surface area contributed by atoms with E-state index in [4.69, 9.17) is 17.3 Å². The molecule has 2 rings (SSSR count). The summed E-state index contributed by atoms with van der Waals surface area (Å²) in [5.41, 5.74) is 10.5. The maximum Gasteiger partial charge on any atom is 0.285 e. The normalized spacial score (nSPS) is 11.4. The van der Waals surface area contributed by atoms with Gasteiger partial charge in [0.2, 0.25) is 0 Å². The topological polar surface area (TPSA) is 96.2 Å². The van der Waals surface area contributed by atoms with Gasteiger partial charge in [-0.3, -0.25) is 10.2 Å². The standard InChI is InChI=1S/C12H12ClN5O/c1-7(8-3-2-4-9(14)5-8)16-17-10-6-15-18-12(19)11(10)13/h2-6H,14H2,1H3,(H2,17,18,19)/b16-7-. The van der Waals surface area contributed by atoms with Crippen molar-refractivity contribution in [2.24, 2.45) is 5.10 Å². The molecule has 1 heterocycles. The minimum absolute atomic E-state index is 0.0131. The fourth-order valence-electron chi connectivity index (χ4n) is 1.43. The summed E-state index contributed by atoms with van der Waals surface area (Å²) < 4.78 is 0. The number of aromatic nitrogens is 2. The van der Waals surface area contributed by atoms with Gasteiger partial charge in [0.05, 0.1) is 11.9 Å². The monoisotopic (exact) mass is 277 g/mol. The minimum Gasteiger partial charge on any atom is -0.399 e. The lowest BCUT2D eigenvalue weighted by atomic mass is 10.1. The number of hydrazone groups is 1. The fourth-order valence-corrected chi connectivity index (χ4v) is 1.57. The highest BCUT2D eigenvalue weighted by molar-refractivity contribution is 6.32. The van der Waals surface area contributed by atoms with Gasteiger partial charge in [-0.05, 0) is 24.6 Å². The predicted octanol–water partition coefficient (Wildman–Crippen LogP) is 1.84. The molecular weight excluding hydrogens is 266 g/mol. The second-order valence-corrected chi connectivity index (χ2v) is 4.24. The zero-order chi connectivity index (χ0) is 13.8. The first-order chi connectivity index (χ1) is 9.08. The number of nitrogen functional groups attached to an aromatic ring is 1. The number of nitrogens with zero attached hydrogens (tertiary/aromatic N) is 2. The summed E-state index contributed by atoms with van der Waals surface area (Å²) in [6.45, 7) is 1.82. The first-order valence-corrected chi connectivity index (χ1v) is 5.85. The van der Waals surface area contributed by atoms with Crippen LogP contribution in [0.15, 0.2) is 40.4 Å². The minimum atomic E-state index is -0.469. The van der Waals surface area contributed by atoms with Gasteiger partial charge in [0.1, 0.15) is 10.7 Å². The number of halogens is 1. The largest absolute Gasteiger partial charge is 0.399 e. The van der Waals surface area contributed by atoms with Gasteiger partial charge in [-0.2, -0.15) is 10.2 Å². The number of benzene rings is 1. The Kier molecular flexibility index (Phi) is 3.82. The average Bonchev–Trinajstić information content (AvgIpc) is 2.40. The summed E-state index contributed by atoms with van der Waals surface area (Å²) >= 11 is 5.81. The van der Waals surface area contributed by atoms with Crippen LogP contribution in [0.1, 0.15) is 12.5 Å². The number of H-pyrrole nitrogens is 1. The molecule has 0 spiro atoms. The molecule has 0 saturated carbocycles. The fraction of sp³-hybridized carbons (Fsp3) is 0.0833. The highest BCUT2D eigenvalue weighted by Crippen LogP contribution is 2.15. The molecule has 0 aliphatic rings. The summed E-state index contributed by atoms with van der Waals surface area (Å²) in [5.74, 6) is 0. The molecule has 4 N–H and O–H groups in total. The van der Waals surface area contributed by atoms with E-state index in [9.17, 15) is 4.79 Å². The maximum absolute atomic E-state index is 11.2. The van der Waals surface area contributed by atoms with Crippen molar-refractivity contribution in [2.75, 3.05) is 11.2 Å². The van der Waals surface area contributed by atoms with Crippen LogP contribution in [-0.2, 0) is 0 Å². The lowest BCUT2D eigenvalue weighted by molar-refractivity contribution is 0.986. The molecule has 6 nitrogen and oxygen atoms in total. The number of hydrogen-bond donors (Lipinski definition) is 3. The molecule has 0 atom stereocenters. The predicted molar refractivity (Wildman–Crippen MR) is 76.6 cm³/mol. The van der Waals surface area contributed by atoms with Gasteiger partial charge in [0.25, 0.3) is 5.56 Å². The first kappa shape index (κ1) is 13.1. The molecule has 98 valence electrons. The number of nitrogens with one attached hydrogen (secondary N) is 2. The Morgan fingerprint density at radius 1 is 1.53 bits per heavy atom. The third-order valence-corrected chi connectivity index (χ3v) is 2.82. The van der Waals surface area contributed by atoms with Gasteiger partial charge >= 0.3 is 0 Å². The van der Waals surface area contributed by atoms with Gasteiger partial charge in [0, 0.05) is 5.69 Å². The highest BCUT2D eigenvalue weighted by Gasteiger charge is 2.04. The number of aromatic amines is 1. The molecule has 0 saturated heterocycles. The molecule has 1 aromatic carbocycles. The van der Waals surface area contributed by atoms with Gasteiger partial charge in [0.15, 0.2) is 0 Å². The van der Waals surface area contributed by atoms with Crippen molar-refractivity contribution in [3.8, 4) is 0 Å². The Balaban J connectivity index is 2.23. The number of rotatable bonds is 3. The second kappa shape index (κ2) is 5.53. The number of hydrogen-bond acceptors (Lipinski definition) is 5. The van der Waals surface area contributed by atoms with Crippen molar-refractivity contribution >= 4 is 28.7 Å². The van der Waals surface area contributed by atoms with Crippen LogP contribution in [0.4, 0.5) is 11.4 Å². The van der Waals surface area contributed by atoms with E-state index in [1.54, 1.807) is 12.1 Å². The second-order valence-electron chi connectivity index (χ2n) is 3.86. The first-order valence-electron chi connectivity index (χ1n) is 5.47. The lowest BCUT2D eigenvalue weighted by Gasteiger charge is -2.04. The van der Waals surface area contributed by atoms with E-state index in [2.05, 4.69) is 20.7 Å². The van der Waals surface area contributed by atoms with E-state index in [0.717, 1.165) is 5.56 Å². The highest BCUT2D eigenvalue weighted by atomic mass is 35.5. The van der Waals surface area contributed by atoms with E-state index in [0.29, 0.717) is 17.1 Å². The van der Waals surface area contributed by atoms with E-state index in [-0.39, 0.29) is 5.02 Å². The van der Waals surface area contributed by atoms with Gasteiger partial charge < -0.3 is 5.73 Å². The smallest absolute Gasteiger partial charge is 0.285 e. The molecular formula is C12H12ClN5O. The molecule has 0 bridgehead atoms. The van der Waals surface area contributed by atoms with E-state index < -0.39 is 5.56 Å². The quantitative estimate of drug-likeness (QED) is 0.453. The lowest BCUT2D eigenvalue weighted by Crippen LogP contribution is -2.10. The van der Waals surface area contributed by atoms with Gasteiger partial charge in [-0.25, -0.2) is 5.10 Å². The van der Waals surface area contributed by atoms with E-state index >= 15 is 0 Å². The van der Waals surface area contributed by atoms with Crippen LogP contribution in [0, 0.1) is 0 Å². The summed E-state index contributed by atoms with van der Waals surface area (Å²) in [6.07, 6.45) is 1.39. The molecule has 0 aliphatic carbocycles. The van der Waals surface area contributed by atoms with Crippen LogP contribution < -0.4 is 16.7 Å². The van der Waals surface area contributed by atoms with Gasteiger partial charge in [-0.1, -0.05) is 23.7 Å². The van der Waals surface area contributed by atoms with Crippen molar-refractivity contribution < 1.29 is 0 Å². The Hall–Kier alpha value is -2.34. The maximum atomic E-state index is 11.2. The summed E-state index contributed by atoms with van der Waals surface area (Å²) in [4.78, 5) is 11.2. The summed E-state index contributed by atoms with van der Waals surface area (Å²) in [5, 5.41) is 10.0. The van der Waals surface area contributed by atoms with Crippen molar-refractivity contribution in [1.82, 2.24) is 10.2 Å². The average molecular weight is 278 g/mol. The van der Waals surface area contributed by atoms with Gasteiger partial charge in [-0.15, -0.1) is 0 Å². The van der Waals surface area contributed by atoms with Crippen molar-refractivity contribution in [1.29, 1.82) is 0 Å². The number of anilines is 2. The molecule has 0 aliphatic heterocycles. The Morgan fingerprint density at radius 3 is 3.05 bits per heavy atom. The van der Waals surface area contributed by atoms with Crippen LogP contribution in [0.25, 0.3) is 0 Å². The Bertz CT molecular complexity index is 680. The number of nitrogens with two attached hydrogens (primary N) is 1. The zero-order valence-electron chi connectivity index (χ0n) is 10.1. The van der Waals surface area contributed by atoms with Crippen molar-refractivity contribution in [2.45, 2.75) is 6.92 Å². The molecule has 0 fully saturated rings. The molecule has 7 heteroatoms. The van der Waals surface area contributed by atoms with Crippen LogP contribution >= 0.6 is 11.6 Å². The van der Waals surface area contributed by atoms with E-state index in [1.807, 2.05) is 19.1 Å². The molecule has 2 aromatic rings. The molecule has 0 radical (unpaired) electrons. The zero-order valence-corrected chi connectivity index (χ0v) is 10.9. The Labute approximate surface area is 114 Å². The van der Waals surface area contributed by atoms with Crippen LogP contribution in [0.5, 0.6) is 0 Å². The van der Waals surface area contributed by atoms with Crippen molar-refractivity contribution in [3.63, 3.8) is 0 Å². The summed E-state index contributed by atoms with van der Waals surface area (Å²) in [7, 11) is 0. The van der Waals surface area contributed by atoms with Crippen LogP contribution in [-0.4, -0.2) is 15.9 Å².